The molecule has 0 bridgehead atoms. The summed E-state index contributed by atoms with van der Waals surface area (Å²) < 4.78 is 0. The number of nitrogens with two attached hydrogens (primary N) is 1. The predicted molar refractivity (Wildman–Crippen MR) is 78.2 cm³/mol. The van der Waals surface area contributed by atoms with Crippen molar-refractivity contribution < 1.29 is 9.59 Å². The van der Waals surface area contributed by atoms with E-state index in [1.807, 2.05) is 36.1 Å². The van der Waals surface area contributed by atoms with Crippen LogP contribution in [-0.4, -0.2) is 35.8 Å². The SMILES string of the molecule is Cc1ccccc1NC(=O)CN1CCCC[C@@H]1C(N)=O. The Balaban J connectivity index is 1.96. The van der Waals surface area contributed by atoms with Gasteiger partial charge in [-0.3, -0.25) is 14.5 Å². The van der Waals surface area contributed by atoms with E-state index in [1.54, 1.807) is 0 Å². The van der Waals surface area contributed by atoms with Gasteiger partial charge in [-0.15, -0.1) is 0 Å². The zero-order valence-electron chi connectivity index (χ0n) is 11.8. The number of carbonyl (C=O) groups is 2. The van der Waals surface area contributed by atoms with Gasteiger partial charge in [0, 0.05) is 5.69 Å². The molecule has 1 saturated heterocycles. The van der Waals surface area contributed by atoms with Crippen molar-refractivity contribution in [2.24, 2.45) is 5.73 Å². The van der Waals surface area contributed by atoms with Crippen molar-refractivity contribution in [1.82, 2.24) is 4.90 Å². The lowest BCUT2D eigenvalue weighted by molar-refractivity contribution is -0.126. The van der Waals surface area contributed by atoms with Gasteiger partial charge in [-0.05, 0) is 37.9 Å². The minimum Gasteiger partial charge on any atom is -0.368 e. The Morgan fingerprint density at radius 2 is 2.10 bits per heavy atom. The first-order valence-electron chi connectivity index (χ1n) is 6.97. The molecular formula is C15H21N3O2. The molecule has 0 spiro atoms. The number of hydrogen-bond donors (Lipinski definition) is 2. The molecule has 5 nitrogen and oxygen atoms in total. The Bertz CT molecular complexity index is 502. The molecule has 20 heavy (non-hydrogen) atoms. The normalized spacial score (nSPS) is 19.6. The number of aryl methyl sites for hydroxylation is 1. The Morgan fingerprint density at radius 1 is 1.35 bits per heavy atom. The average molecular weight is 275 g/mol. The number of piperidine rings is 1. The van der Waals surface area contributed by atoms with Gasteiger partial charge in [0.05, 0.1) is 12.6 Å². The summed E-state index contributed by atoms with van der Waals surface area (Å²) in [6, 6.07) is 7.32. The quantitative estimate of drug-likeness (QED) is 0.869. The van der Waals surface area contributed by atoms with Crippen molar-refractivity contribution in [3.8, 4) is 0 Å². The molecule has 108 valence electrons. The molecule has 1 aromatic carbocycles. The van der Waals surface area contributed by atoms with Crippen molar-refractivity contribution in [2.45, 2.75) is 32.2 Å². The molecule has 3 N–H and O–H groups in total. The van der Waals surface area contributed by atoms with E-state index in [0.717, 1.165) is 37.1 Å². The molecule has 1 aromatic rings. The molecule has 1 fully saturated rings. The maximum atomic E-state index is 12.1. The molecule has 0 radical (unpaired) electrons. The second kappa shape index (κ2) is 6.52. The van der Waals surface area contributed by atoms with Crippen molar-refractivity contribution in [3.63, 3.8) is 0 Å². The number of nitrogens with one attached hydrogen (secondary N) is 1. The molecule has 0 unspecified atom stereocenters. The minimum atomic E-state index is -0.339. The van der Waals surface area contributed by atoms with Crippen LogP contribution >= 0.6 is 0 Å². The van der Waals surface area contributed by atoms with Crippen LogP contribution in [0.2, 0.25) is 0 Å². The summed E-state index contributed by atoms with van der Waals surface area (Å²) in [5, 5.41) is 2.88. The highest BCUT2D eigenvalue weighted by molar-refractivity contribution is 5.93. The highest BCUT2D eigenvalue weighted by Gasteiger charge is 2.28. The lowest BCUT2D eigenvalue weighted by atomic mass is 10.0. The fourth-order valence-electron chi connectivity index (χ4n) is 2.59. The molecule has 0 aliphatic carbocycles. The van der Waals surface area contributed by atoms with E-state index in [-0.39, 0.29) is 24.4 Å². The molecule has 1 aliphatic rings. The highest BCUT2D eigenvalue weighted by atomic mass is 16.2. The molecule has 1 heterocycles. The maximum absolute atomic E-state index is 12.1. The van der Waals surface area contributed by atoms with Gasteiger partial charge in [0.2, 0.25) is 11.8 Å². The molecule has 1 aliphatic heterocycles. The Labute approximate surface area is 119 Å². The number of nitrogens with zero attached hydrogens (tertiary/aromatic N) is 1. The first-order chi connectivity index (χ1) is 9.58. The predicted octanol–water partition coefficient (Wildman–Crippen LogP) is 1.27. The first-order valence-corrected chi connectivity index (χ1v) is 6.97. The fraction of sp³-hybridized carbons (Fsp3) is 0.467. The van der Waals surface area contributed by atoms with Gasteiger partial charge >= 0.3 is 0 Å². The first kappa shape index (κ1) is 14.5. The number of primary amides is 1. The van der Waals surface area contributed by atoms with Crippen LogP contribution in [-0.2, 0) is 9.59 Å². The standard InChI is InChI=1S/C15H21N3O2/c1-11-6-2-3-7-12(11)17-14(19)10-18-9-5-4-8-13(18)15(16)20/h2-3,6-7,13H,4-5,8-10H2,1H3,(H2,16,20)(H,17,19)/t13-/m1/s1. The molecule has 2 amide bonds. The Kier molecular flexibility index (Phi) is 4.74. The summed E-state index contributed by atoms with van der Waals surface area (Å²) in [4.78, 5) is 25.4. The summed E-state index contributed by atoms with van der Waals surface area (Å²) in [5.74, 6) is -0.444. The number of para-hydroxylation sites is 1. The van der Waals surface area contributed by atoms with Crippen LogP contribution in [0.3, 0.4) is 0 Å². The Morgan fingerprint density at radius 3 is 2.80 bits per heavy atom. The summed E-state index contributed by atoms with van der Waals surface area (Å²) in [6.45, 7) is 2.90. The van der Waals surface area contributed by atoms with Crippen LogP contribution in [0.25, 0.3) is 0 Å². The number of anilines is 1. The van der Waals surface area contributed by atoms with Crippen LogP contribution in [0, 0.1) is 6.92 Å². The number of hydrogen-bond acceptors (Lipinski definition) is 3. The van der Waals surface area contributed by atoms with E-state index in [9.17, 15) is 9.59 Å². The van der Waals surface area contributed by atoms with Crippen LogP contribution < -0.4 is 11.1 Å². The van der Waals surface area contributed by atoms with Gasteiger partial charge in [0.25, 0.3) is 0 Å². The van der Waals surface area contributed by atoms with E-state index >= 15 is 0 Å². The molecule has 2 rings (SSSR count). The molecule has 0 saturated carbocycles. The second-order valence-corrected chi connectivity index (χ2v) is 5.25. The van der Waals surface area contributed by atoms with Gasteiger partial charge in [-0.1, -0.05) is 24.6 Å². The van der Waals surface area contributed by atoms with Crippen molar-refractivity contribution in [2.75, 3.05) is 18.4 Å². The van der Waals surface area contributed by atoms with Gasteiger partial charge < -0.3 is 11.1 Å². The number of rotatable bonds is 4. The van der Waals surface area contributed by atoms with Crippen molar-refractivity contribution in [1.29, 1.82) is 0 Å². The summed E-state index contributed by atoms with van der Waals surface area (Å²) >= 11 is 0. The van der Waals surface area contributed by atoms with Gasteiger partial charge in [-0.25, -0.2) is 0 Å². The van der Waals surface area contributed by atoms with Crippen molar-refractivity contribution >= 4 is 17.5 Å². The van der Waals surface area contributed by atoms with E-state index < -0.39 is 0 Å². The van der Waals surface area contributed by atoms with Crippen LogP contribution in [0.4, 0.5) is 5.69 Å². The van der Waals surface area contributed by atoms with Gasteiger partial charge in [0.15, 0.2) is 0 Å². The van der Waals surface area contributed by atoms with Crippen molar-refractivity contribution in [3.05, 3.63) is 29.8 Å². The third-order valence-corrected chi connectivity index (χ3v) is 3.71. The summed E-state index contributed by atoms with van der Waals surface area (Å²) in [5.41, 5.74) is 7.23. The largest absolute Gasteiger partial charge is 0.368 e. The van der Waals surface area contributed by atoms with E-state index in [2.05, 4.69) is 5.32 Å². The van der Waals surface area contributed by atoms with Crippen LogP contribution in [0.15, 0.2) is 24.3 Å². The number of amides is 2. The minimum absolute atomic E-state index is 0.104. The zero-order chi connectivity index (χ0) is 14.5. The van der Waals surface area contributed by atoms with Gasteiger partial charge in [-0.2, -0.15) is 0 Å². The summed E-state index contributed by atoms with van der Waals surface area (Å²) in [7, 11) is 0. The van der Waals surface area contributed by atoms with Crippen LogP contribution in [0.5, 0.6) is 0 Å². The zero-order valence-corrected chi connectivity index (χ0v) is 11.8. The molecule has 5 heteroatoms. The topological polar surface area (TPSA) is 75.4 Å². The molecular weight excluding hydrogens is 254 g/mol. The second-order valence-electron chi connectivity index (χ2n) is 5.25. The maximum Gasteiger partial charge on any atom is 0.238 e. The average Bonchev–Trinajstić information content (AvgIpc) is 2.41. The number of likely N-dealkylation sites (tertiary alicyclic amines) is 1. The fourth-order valence-corrected chi connectivity index (χ4v) is 2.59. The lowest BCUT2D eigenvalue weighted by Crippen LogP contribution is -2.50. The molecule has 1 atom stereocenters. The summed E-state index contributed by atoms with van der Waals surface area (Å²) in [6.07, 6.45) is 2.73. The van der Waals surface area contributed by atoms with Gasteiger partial charge in [0.1, 0.15) is 0 Å². The number of carbonyl (C=O) groups excluding carboxylic acids is 2. The van der Waals surface area contributed by atoms with E-state index in [0.29, 0.717) is 0 Å². The van der Waals surface area contributed by atoms with Crippen LogP contribution in [0.1, 0.15) is 24.8 Å². The third-order valence-electron chi connectivity index (χ3n) is 3.71. The Hall–Kier alpha value is -1.88. The smallest absolute Gasteiger partial charge is 0.238 e. The number of benzene rings is 1. The van der Waals surface area contributed by atoms with E-state index in [1.165, 1.54) is 0 Å². The monoisotopic (exact) mass is 275 g/mol. The van der Waals surface area contributed by atoms with E-state index in [4.69, 9.17) is 5.73 Å². The third kappa shape index (κ3) is 3.57. The lowest BCUT2D eigenvalue weighted by Gasteiger charge is -2.32. The molecule has 0 aromatic heterocycles. The highest BCUT2D eigenvalue weighted by Crippen LogP contribution is 2.17.